The first-order valence-corrected chi connectivity index (χ1v) is 10.6. The van der Waals surface area contributed by atoms with Crippen LogP contribution in [0.5, 0.6) is 0 Å². The molecule has 0 saturated carbocycles. The van der Waals surface area contributed by atoms with Crippen LogP contribution in [-0.4, -0.2) is 43.8 Å². The number of furan rings is 1. The molecule has 0 saturated heterocycles. The van der Waals surface area contributed by atoms with Crippen LogP contribution in [-0.2, 0) is 24.3 Å². The van der Waals surface area contributed by atoms with Crippen LogP contribution < -0.4 is 10.6 Å². The van der Waals surface area contributed by atoms with Crippen molar-refractivity contribution >= 4 is 41.7 Å². The molecule has 30 heavy (non-hydrogen) atoms. The zero-order valence-corrected chi connectivity index (χ0v) is 19.9. The summed E-state index contributed by atoms with van der Waals surface area (Å²) in [5.74, 6) is 2.53. The lowest BCUT2D eigenvalue weighted by molar-refractivity contribution is -0.176. The van der Waals surface area contributed by atoms with E-state index < -0.39 is 12.8 Å². The Morgan fingerprint density at radius 2 is 1.90 bits per heavy atom. The number of halogens is 4. The standard InChI is InChI=1S/C20H26F3N3O2S.HI/c1-29-11-9-25-19(24-8-7-18-6-3-10-28-18)26-13-16-4-2-5-17(12-16)14-27-15-20(21,22)23;/h2-6,10,12H,7-9,11,13-15H2,1H3,(H2,24,25,26);1H. The highest BCUT2D eigenvalue weighted by molar-refractivity contribution is 14.0. The van der Waals surface area contributed by atoms with Gasteiger partial charge in [-0.2, -0.15) is 24.9 Å². The van der Waals surface area contributed by atoms with E-state index in [1.165, 1.54) is 0 Å². The summed E-state index contributed by atoms with van der Waals surface area (Å²) in [6, 6.07) is 11.0. The van der Waals surface area contributed by atoms with Crippen molar-refractivity contribution in [1.82, 2.24) is 10.6 Å². The summed E-state index contributed by atoms with van der Waals surface area (Å²) in [4.78, 5) is 4.58. The van der Waals surface area contributed by atoms with Crippen LogP contribution >= 0.6 is 35.7 Å². The molecule has 0 aliphatic rings. The van der Waals surface area contributed by atoms with Crippen LogP contribution in [0, 0.1) is 0 Å². The van der Waals surface area contributed by atoms with Gasteiger partial charge in [-0.05, 0) is 29.5 Å². The molecular weight excluding hydrogens is 530 g/mol. The Bertz CT molecular complexity index is 743. The molecule has 1 aromatic heterocycles. The van der Waals surface area contributed by atoms with Gasteiger partial charge in [0.2, 0.25) is 0 Å². The highest BCUT2D eigenvalue weighted by Crippen LogP contribution is 2.16. The first-order valence-electron chi connectivity index (χ1n) is 9.22. The van der Waals surface area contributed by atoms with Crippen molar-refractivity contribution in [1.29, 1.82) is 0 Å². The molecule has 168 valence electrons. The van der Waals surface area contributed by atoms with Gasteiger partial charge in [-0.3, -0.25) is 0 Å². The fraction of sp³-hybridized carbons (Fsp3) is 0.450. The van der Waals surface area contributed by atoms with Crippen molar-refractivity contribution in [2.75, 3.05) is 31.7 Å². The van der Waals surface area contributed by atoms with Crippen molar-refractivity contribution in [2.24, 2.45) is 4.99 Å². The van der Waals surface area contributed by atoms with Gasteiger partial charge in [-0.15, -0.1) is 24.0 Å². The minimum absolute atomic E-state index is 0. The van der Waals surface area contributed by atoms with Crippen LogP contribution in [0.2, 0.25) is 0 Å². The Morgan fingerprint density at radius 3 is 2.60 bits per heavy atom. The molecule has 1 aromatic carbocycles. The number of rotatable bonds is 11. The van der Waals surface area contributed by atoms with E-state index in [4.69, 9.17) is 9.15 Å². The van der Waals surface area contributed by atoms with Crippen molar-refractivity contribution in [2.45, 2.75) is 25.7 Å². The van der Waals surface area contributed by atoms with Gasteiger partial charge in [-0.1, -0.05) is 24.3 Å². The number of guanidine groups is 1. The first kappa shape index (κ1) is 26.6. The molecule has 0 amide bonds. The summed E-state index contributed by atoms with van der Waals surface area (Å²) >= 11 is 1.74. The van der Waals surface area contributed by atoms with E-state index in [0.717, 1.165) is 30.0 Å². The Kier molecular flexibility index (Phi) is 12.9. The molecule has 0 fully saturated rings. The number of thioether (sulfide) groups is 1. The predicted octanol–water partition coefficient (Wildman–Crippen LogP) is 4.62. The van der Waals surface area contributed by atoms with Crippen molar-refractivity contribution in [3.05, 3.63) is 59.5 Å². The van der Waals surface area contributed by atoms with Crippen LogP contribution in [0.3, 0.4) is 0 Å². The SMILES string of the molecule is CSCCNC(=NCc1cccc(COCC(F)(F)F)c1)NCCc1ccco1.I. The smallest absolute Gasteiger partial charge is 0.411 e. The van der Waals surface area contributed by atoms with Gasteiger partial charge in [0.1, 0.15) is 12.4 Å². The molecule has 2 rings (SSSR count). The normalized spacial score (nSPS) is 11.8. The lowest BCUT2D eigenvalue weighted by Crippen LogP contribution is -2.39. The Balaban J connectivity index is 0.00000450. The Labute approximate surface area is 196 Å². The molecule has 10 heteroatoms. The van der Waals surface area contributed by atoms with Gasteiger partial charge in [0.25, 0.3) is 0 Å². The van der Waals surface area contributed by atoms with E-state index in [9.17, 15) is 13.2 Å². The highest BCUT2D eigenvalue weighted by atomic mass is 127. The maximum Gasteiger partial charge on any atom is 0.411 e. The third-order valence-corrected chi connectivity index (χ3v) is 4.40. The topological polar surface area (TPSA) is 58.8 Å². The zero-order chi connectivity index (χ0) is 21.0. The maximum absolute atomic E-state index is 12.2. The fourth-order valence-corrected chi connectivity index (χ4v) is 2.78. The lowest BCUT2D eigenvalue weighted by atomic mass is 10.1. The van der Waals surface area contributed by atoms with Crippen LogP contribution in [0.1, 0.15) is 16.9 Å². The zero-order valence-electron chi connectivity index (χ0n) is 16.7. The van der Waals surface area contributed by atoms with Gasteiger partial charge < -0.3 is 19.8 Å². The number of hydrogen-bond donors (Lipinski definition) is 2. The van der Waals surface area contributed by atoms with E-state index >= 15 is 0 Å². The summed E-state index contributed by atoms with van der Waals surface area (Å²) < 4.78 is 46.7. The molecule has 5 nitrogen and oxygen atoms in total. The summed E-state index contributed by atoms with van der Waals surface area (Å²) in [7, 11) is 0. The Hall–Kier alpha value is -1.40. The Morgan fingerprint density at radius 1 is 1.13 bits per heavy atom. The summed E-state index contributed by atoms with van der Waals surface area (Å²) in [5.41, 5.74) is 1.58. The van der Waals surface area contributed by atoms with E-state index in [1.54, 1.807) is 30.2 Å². The van der Waals surface area contributed by atoms with Crippen molar-refractivity contribution < 1.29 is 22.3 Å². The van der Waals surface area contributed by atoms with Gasteiger partial charge in [0.15, 0.2) is 5.96 Å². The van der Waals surface area contributed by atoms with Gasteiger partial charge in [0.05, 0.1) is 19.4 Å². The van der Waals surface area contributed by atoms with Gasteiger partial charge in [0, 0.05) is 25.3 Å². The second-order valence-electron chi connectivity index (χ2n) is 6.27. The maximum atomic E-state index is 12.2. The molecule has 0 unspecified atom stereocenters. The second-order valence-corrected chi connectivity index (χ2v) is 7.25. The van der Waals surface area contributed by atoms with Crippen molar-refractivity contribution in [3.8, 4) is 0 Å². The average molecular weight is 557 g/mol. The molecule has 0 bridgehead atoms. The van der Waals surface area contributed by atoms with Crippen LogP contribution in [0.4, 0.5) is 13.2 Å². The number of aliphatic imine (C=N–C) groups is 1. The molecule has 0 atom stereocenters. The first-order chi connectivity index (χ1) is 14.0. The molecule has 1 heterocycles. The molecule has 0 radical (unpaired) electrons. The van der Waals surface area contributed by atoms with E-state index in [-0.39, 0.29) is 30.6 Å². The number of alkyl halides is 3. The van der Waals surface area contributed by atoms with Gasteiger partial charge in [-0.25, -0.2) is 4.99 Å². The fourth-order valence-electron chi connectivity index (χ4n) is 2.48. The summed E-state index contributed by atoms with van der Waals surface area (Å²) in [5, 5.41) is 6.55. The number of nitrogens with one attached hydrogen (secondary N) is 2. The molecule has 0 aliphatic carbocycles. The number of nitrogens with zero attached hydrogens (tertiary/aromatic N) is 1. The van der Waals surface area contributed by atoms with Gasteiger partial charge >= 0.3 is 6.18 Å². The lowest BCUT2D eigenvalue weighted by Gasteiger charge is -2.12. The van der Waals surface area contributed by atoms with E-state index in [0.29, 0.717) is 24.6 Å². The summed E-state index contributed by atoms with van der Waals surface area (Å²) in [6.07, 6.45) is 0.102. The second kappa shape index (κ2) is 14.6. The monoisotopic (exact) mass is 557 g/mol. The van der Waals surface area contributed by atoms with Crippen LogP contribution in [0.25, 0.3) is 0 Å². The minimum atomic E-state index is -4.32. The van der Waals surface area contributed by atoms with E-state index in [2.05, 4.69) is 15.6 Å². The molecule has 2 aromatic rings. The van der Waals surface area contributed by atoms with Crippen molar-refractivity contribution in [3.63, 3.8) is 0 Å². The molecular formula is C20H27F3IN3O2S. The predicted molar refractivity (Wildman–Crippen MR) is 126 cm³/mol. The largest absolute Gasteiger partial charge is 0.469 e. The third-order valence-electron chi connectivity index (χ3n) is 3.79. The minimum Gasteiger partial charge on any atom is -0.469 e. The quantitative estimate of drug-likeness (QED) is 0.183. The molecule has 2 N–H and O–H groups in total. The number of ether oxygens (including phenoxy) is 1. The number of benzene rings is 1. The molecule has 0 aliphatic heterocycles. The highest BCUT2D eigenvalue weighted by Gasteiger charge is 2.27. The van der Waals surface area contributed by atoms with Crippen LogP contribution in [0.15, 0.2) is 52.1 Å². The third kappa shape index (κ3) is 11.7. The number of hydrogen-bond acceptors (Lipinski definition) is 4. The molecule has 0 spiro atoms. The van der Waals surface area contributed by atoms with E-state index in [1.807, 2.05) is 30.5 Å². The summed E-state index contributed by atoms with van der Waals surface area (Å²) in [6.45, 7) is 0.515. The average Bonchev–Trinajstić information content (AvgIpc) is 3.19.